The molecule has 2 unspecified atom stereocenters. The van der Waals surface area contributed by atoms with Gasteiger partial charge in [0.2, 0.25) is 0 Å². The van der Waals surface area contributed by atoms with Crippen molar-refractivity contribution in [2.24, 2.45) is 0 Å². The third-order valence-electron chi connectivity index (χ3n) is 4.65. The van der Waals surface area contributed by atoms with E-state index >= 15 is 0 Å². The van der Waals surface area contributed by atoms with Crippen molar-refractivity contribution in [1.82, 2.24) is 5.32 Å². The molecule has 0 saturated heterocycles. The van der Waals surface area contributed by atoms with Crippen molar-refractivity contribution in [2.75, 3.05) is 13.7 Å². The van der Waals surface area contributed by atoms with Crippen molar-refractivity contribution in [2.45, 2.75) is 103 Å². The van der Waals surface area contributed by atoms with Gasteiger partial charge in [-0.25, -0.2) is 0 Å². The molecule has 1 fully saturated rings. The highest BCUT2D eigenvalue weighted by Crippen LogP contribution is 2.19. The van der Waals surface area contributed by atoms with Crippen molar-refractivity contribution in [3.05, 3.63) is 0 Å². The summed E-state index contributed by atoms with van der Waals surface area (Å²) in [7, 11) is 2.11. The van der Waals surface area contributed by atoms with Gasteiger partial charge in [-0.05, 0) is 26.3 Å². The van der Waals surface area contributed by atoms with E-state index in [4.69, 9.17) is 4.74 Å². The van der Waals surface area contributed by atoms with E-state index in [2.05, 4.69) is 19.3 Å². The molecule has 0 amide bonds. The molecule has 0 spiro atoms. The van der Waals surface area contributed by atoms with Crippen molar-refractivity contribution < 1.29 is 4.74 Å². The molecule has 0 heterocycles. The Hall–Kier alpha value is -0.0800. The molecule has 0 aromatic carbocycles. The van der Waals surface area contributed by atoms with E-state index in [1.165, 1.54) is 83.5 Å². The van der Waals surface area contributed by atoms with Crippen LogP contribution < -0.4 is 5.32 Å². The van der Waals surface area contributed by atoms with Gasteiger partial charge in [-0.15, -0.1) is 0 Å². The minimum absolute atomic E-state index is 0.441. The molecule has 0 radical (unpaired) electrons. The molecule has 1 N–H and O–H groups in total. The van der Waals surface area contributed by atoms with Crippen LogP contribution in [0.15, 0.2) is 0 Å². The highest BCUT2D eigenvalue weighted by atomic mass is 16.5. The largest absolute Gasteiger partial charge is 0.377 e. The molecule has 2 atom stereocenters. The molecular formula is C18H37NO. The summed E-state index contributed by atoms with van der Waals surface area (Å²) in [5.74, 6) is 0. The van der Waals surface area contributed by atoms with Crippen LogP contribution in [0.25, 0.3) is 0 Å². The zero-order chi connectivity index (χ0) is 14.5. The molecule has 1 aliphatic carbocycles. The van der Waals surface area contributed by atoms with E-state index in [0.29, 0.717) is 12.1 Å². The minimum atomic E-state index is 0.441. The van der Waals surface area contributed by atoms with Gasteiger partial charge in [-0.2, -0.15) is 0 Å². The van der Waals surface area contributed by atoms with Crippen LogP contribution in [0.3, 0.4) is 0 Å². The Labute approximate surface area is 127 Å². The third-order valence-corrected chi connectivity index (χ3v) is 4.65. The standard InChI is InChI=1S/C18H37NO/c1-3-4-13-16-20-18-15-12-10-8-6-5-7-9-11-14-17(18)19-2/h17-19H,3-16H2,1-2H3. The zero-order valence-corrected chi connectivity index (χ0v) is 14.0. The number of likely N-dealkylation sites (N-methyl/N-ethyl adjacent to an activating group) is 1. The molecule has 120 valence electrons. The van der Waals surface area contributed by atoms with E-state index < -0.39 is 0 Å². The van der Waals surface area contributed by atoms with Gasteiger partial charge in [0.05, 0.1) is 6.10 Å². The van der Waals surface area contributed by atoms with Gasteiger partial charge in [0.1, 0.15) is 0 Å². The van der Waals surface area contributed by atoms with Gasteiger partial charge in [-0.1, -0.05) is 71.1 Å². The fourth-order valence-electron chi connectivity index (χ4n) is 3.27. The summed E-state index contributed by atoms with van der Waals surface area (Å²) in [5, 5.41) is 3.52. The molecule has 20 heavy (non-hydrogen) atoms. The maximum Gasteiger partial charge on any atom is 0.0727 e. The first kappa shape index (κ1) is 18.0. The SMILES string of the molecule is CCCCCOC1CCCCCCCCCCC1NC. The average Bonchev–Trinajstić information content (AvgIpc) is 2.46. The van der Waals surface area contributed by atoms with Crippen LogP contribution in [0.5, 0.6) is 0 Å². The van der Waals surface area contributed by atoms with Crippen LogP contribution in [0.4, 0.5) is 0 Å². The van der Waals surface area contributed by atoms with E-state index in [1.54, 1.807) is 0 Å². The molecule has 1 aliphatic rings. The van der Waals surface area contributed by atoms with E-state index in [1.807, 2.05) is 0 Å². The van der Waals surface area contributed by atoms with Crippen molar-refractivity contribution in [3.63, 3.8) is 0 Å². The Bertz CT molecular complexity index is 206. The zero-order valence-electron chi connectivity index (χ0n) is 14.0. The molecule has 2 heteroatoms. The molecule has 0 aliphatic heterocycles. The highest BCUT2D eigenvalue weighted by Gasteiger charge is 2.20. The number of ether oxygens (including phenoxy) is 1. The first-order chi connectivity index (χ1) is 9.88. The number of nitrogens with one attached hydrogen (secondary N) is 1. The fourth-order valence-corrected chi connectivity index (χ4v) is 3.27. The summed E-state index contributed by atoms with van der Waals surface area (Å²) in [4.78, 5) is 0. The summed E-state index contributed by atoms with van der Waals surface area (Å²) in [5.41, 5.74) is 0. The smallest absolute Gasteiger partial charge is 0.0727 e. The Morgan fingerprint density at radius 3 is 2.05 bits per heavy atom. The summed E-state index contributed by atoms with van der Waals surface area (Å²) >= 11 is 0. The van der Waals surface area contributed by atoms with Crippen LogP contribution in [0.2, 0.25) is 0 Å². The summed E-state index contributed by atoms with van der Waals surface area (Å²) in [6.45, 7) is 3.21. The van der Waals surface area contributed by atoms with Crippen LogP contribution in [0, 0.1) is 0 Å². The van der Waals surface area contributed by atoms with E-state index in [0.717, 1.165) is 6.61 Å². The summed E-state index contributed by atoms with van der Waals surface area (Å²) in [6, 6.07) is 0.566. The summed E-state index contributed by atoms with van der Waals surface area (Å²) in [6.07, 6.45) is 18.0. The van der Waals surface area contributed by atoms with Gasteiger partial charge >= 0.3 is 0 Å². The first-order valence-corrected chi connectivity index (χ1v) is 9.17. The maximum atomic E-state index is 6.23. The van der Waals surface area contributed by atoms with E-state index in [-0.39, 0.29) is 0 Å². The number of unbranched alkanes of at least 4 members (excludes halogenated alkanes) is 2. The van der Waals surface area contributed by atoms with Crippen LogP contribution >= 0.6 is 0 Å². The van der Waals surface area contributed by atoms with Crippen molar-refractivity contribution >= 4 is 0 Å². The lowest BCUT2D eigenvalue weighted by Gasteiger charge is -2.28. The topological polar surface area (TPSA) is 21.3 Å². The van der Waals surface area contributed by atoms with Gasteiger partial charge in [0.15, 0.2) is 0 Å². The predicted octanol–water partition coefficient (Wildman–Crippen LogP) is 5.06. The Kier molecular flexibility index (Phi) is 11.4. The maximum absolute atomic E-state index is 6.23. The Balaban J connectivity index is 2.38. The quantitative estimate of drug-likeness (QED) is 0.688. The number of rotatable bonds is 6. The van der Waals surface area contributed by atoms with Gasteiger partial charge in [0.25, 0.3) is 0 Å². The Morgan fingerprint density at radius 2 is 1.45 bits per heavy atom. The number of hydrogen-bond acceptors (Lipinski definition) is 2. The highest BCUT2D eigenvalue weighted by molar-refractivity contribution is 4.76. The van der Waals surface area contributed by atoms with Crippen LogP contribution in [0.1, 0.15) is 90.4 Å². The predicted molar refractivity (Wildman–Crippen MR) is 88.3 cm³/mol. The molecular weight excluding hydrogens is 246 g/mol. The minimum Gasteiger partial charge on any atom is -0.377 e. The van der Waals surface area contributed by atoms with Crippen LogP contribution in [-0.2, 0) is 4.74 Å². The lowest BCUT2D eigenvalue weighted by Crippen LogP contribution is -2.39. The lowest BCUT2D eigenvalue weighted by atomic mass is 9.96. The second-order valence-corrected chi connectivity index (χ2v) is 6.42. The second-order valence-electron chi connectivity index (χ2n) is 6.42. The fraction of sp³-hybridized carbons (Fsp3) is 1.00. The molecule has 0 aromatic rings. The van der Waals surface area contributed by atoms with Crippen LogP contribution in [-0.4, -0.2) is 25.8 Å². The molecule has 0 bridgehead atoms. The van der Waals surface area contributed by atoms with Gasteiger partial charge in [-0.3, -0.25) is 0 Å². The molecule has 1 saturated carbocycles. The number of hydrogen-bond donors (Lipinski definition) is 1. The Morgan fingerprint density at radius 1 is 0.850 bits per heavy atom. The summed E-state index contributed by atoms with van der Waals surface area (Å²) < 4.78 is 6.23. The van der Waals surface area contributed by atoms with E-state index in [9.17, 15) is 0 Å². The second kappa shape index (κ2) is 12.6. The van der Waals surface area contributed by atoms with Gasteiger partial charge < -0.3 is 10.1 Å². The molecule has 1 rings (SSSR count). The molecule has 2 nitrogen and oxygen atoms in total. The van der Waals surface area contributed by atoms with Gasteiger partial charge in [0, 0.05) is 12.6 Å². The third kappa shape index (κ3) is 8.26. The average molecular weight is 283 g/mol. The first-order valence-electron chi connectivity index (χ1n) is 9.17. The lowest BCUT2D eigenvalue weighted by molar-refractivity contribution is 0.0160. The van der Waals surface area contributed by atoms with Crippen molar-refractivity contribution in [3.8, 4) is 0 Å². The molecule has 0 aromatic heterocycles. The normalized spacial score (nSPS) is 26.7. The monoisotopic (exact) mass is 283 g/mol. The van der Waals surface area contributed by atoms with Crippen molar-refractivity contribution in [1.29, 1.82) is 0 Å².